The Balaban J connectivity index is 2.74. The second-order valence-electron chi connectivity index (χ2n) is 4.44. The molecule has 0 fully saturated rings. The SMILES string of the molecule is CNC(CCN(C)C)c1ccc(C)c(F)c1. The molecule has 0 aliphatic heterocycles. The third-order valence-corrected chi connectivity index (χ3v) is 2.81. The van der Waals surface area contributed by atoms with Crippen molar-refractivity contribution in [2.75, 3.05) is 27.7 Å². The molecule has 1 aromatic rings. The highest BCUT2D eigenvalue weighted by Crippen LogP contribution is 2.19. The first-order chi connectivity index (χ1) is 7.54. The van der Waals surface area contributed by atoms with Crippen LogP contribution in [0.4, 0.5) is 4.39 Å². The van der Waals surface area contributed by atoms with E-state index in [9.17, 15) is 4.39 Å². The Morgan fingerprint density at radius 1 is 1.38 bits per heavy atom. The molecule has 0 saturated heterocycles. The van der Waals surface area contributed by atoms with Gasteiger partial charge in [0.25, 0.3) is 0 Å². The van der Waals surface area contributed by atoms with Crippen molar-refractivity contribution in [3.63, 3.8) is 0 Å². The van der Waals surface area contributed by atoms with Gasteiger partial charge in [-0.3, -0.25) is 0 Å². The molecule has 0 bridgehead atoms. The van der Waals surface area contributed by atoms with E-state index in [1.54, 1.807) is 13.0 Å². The Morgan fingerprint density at radius 2 is 2.06 bits per heavy atom. The summed E-state index contributed by atoms with van der Waals surface area (Å²) in [6, 6.07) is 5.68. The summed E-state index contributed by atoms with van der Waals surface area (Å²) in [6.45, 7) is 2.77. The second kappa shape index (κ2) is 5.97. The molecular formula is C13H21FN2. The molecule has 0 saturated carbocycles. The van der Waals surface area contributed by atoms with E-state index in [-0.39, 0.29) is 11.9 Å². The van der Waals surface area contributed by atoms with Crippen LogP contribution in [0.15, 0.2) is 18.2 Å². The van der Waals surface area contributed by atoms with Crippen LogP contribution in [0.2, 0.25) is 0 Å². The number of aryl methyl sites for hydroxylation is 1. The fraction of sp³-hybridized carbons (Fsp3) is 0.538. The molecular weight excluding hydrogens is 203 g/mol. The number of benzene rings is 1. The van der Waals surface area contributed by atoms with Crippen LogP contribution in [0.3, 0.4) is 0 Å². The molecule has 1 atom stereocenters. The van der Waals surface area contributed by atoms with E-state index in [1.807, 2.05) is 33.3 Å². The van der Waals surface area contributed by atoms with Gasteiger partial charge in [0.2, 0.25) is 0 Å². The quantitative estimate of drug-likeness (QED) is 0.826. The van der Waals surface area contributed by atoms with Crippen molar-refractivity contribution in [2.24, 2.45) is 0 Å². The fourth-order valence-corrected chi connectivity index (χ4v) is 1.69. The largest absolute Gasteiger partial charge is 0.313 e. The van der Waals surface area contributed by atoms with Gasteiger partial charge in [-0.25, -0.2) is 4.39 Å². The molecule has 0 aliphatic carbocycles. The minimum atomic E-state index is -0.123. The number of hydrogen-bond acceptors (Lipinski definition) is 2. The highest BCUT2D eigenvalue weighted by molar-refractivity contribution is 5.25. The lowest BCUT2D eigenvalue weighted by molar-refractivity contribution is 0.368. The Hall–Kier alpha value is -0.930. The van der Waals surface area contributed by atoms with Crippen LogP contribution >= 0.6 is 0 Å². The first-order valence-corrected chi connectivity index (χ1v) is 5.62. The summed E-state index contributed by atoms with van der Waals surface area (Å²) < 4.78 is 13.4. The molecule has 3 heteroatoms. The highest BCUT2D eigenvalue weighted by Gasteiger charge is 2.10. The van der Waals surface area contributed by atoms with E-state index in [1.165, 1.54) is 0 Å². The minimum Gasteiger partial charge on any atom is -0.313 e. The summed E-state index contributed by atoms with van der Waals surface area (Å²) in [4.78, 5) is 2.13. The average Bonchev–Trinajstić information content (AvgIpc) is 2.23. The lowest BCUT2D eigenvalue weighted by atomic mass is 10.0. The molecule has 0 amide bonds. The molecule has 1 N–H and O–H groups in total. The third-order valence-electron chi connectivity index (χ3n) is 2.81. The molecule has 1 rings (SSSR count). The lowest BCUT2D eigenvalue weighted by Gasteiger charge is -2.19. The van der Waals surface area contributed by atoms with Gasteiger partial charge in [0.15, 0.2) is 0 Å². The van der Waals surface area contributed by atoms with Crippen molar-refractivity contribution in [3.05, 3.63) is 35.1 Å². The molecule has 0 spiro atoms. The molecule has 0 aromatic heterocycles. The summed E-state index contributed by atoms with van der Waals surface area (Å²) in [5.74, 6) is -0.123. The Bertz CT molecular complexity index is 337. The van der Waals surface area contributed by atoms with Gasteiger partial charge in [0.1, 0.15) is 5.82 Å². The third kappa shape index (κ3) is 3.58. The topological polar surface area (TPSA) is 15.3 Å². The summed E-state index contributed by atoms with van der Waals surface area (Å²) in [5.41, 5.74) is 1.72. The maximum Gasteiger partial charge on any atom is 0.126 e. The zero-order valence-electron chi connectivity index (χ0n) is 10.5. The van der Waals surface area contributed by atoms with Gasteiger partial charge in [0.05, 0.1) is 0 Å². The number of nitrogens with zero attached hydrogens (tertiary/aromatic N) is 1. The monoisotopic (exact) mass is 224 g/mol. The smallest absolute Gasteiger partial charge is 0.126 e. The summed E-state index contributed by atoms with van der Waals surface area (Å²) in [5, 5.41) is 3.23. The van der Waals surface area contributed by atoms with E-state index < -0.39 is 0 Å². The molecule has 1 unspecified atom stereocenters. The predicted octanol–water partition coefficient (Wildman–Crippen LogP) is 2.35. The zero-order chi connectivity index (χ0) is 12.1. The van der Waals surface area contributed by atoms with Crippen molar-refractivity contribution >= 4 is 0 Å². The van der Waals surface area contributed by atoms with Gasteiger partial charge in [-0.05, 0) is 58.2 Å². The van der Waals surface area contributed by atoms with Crippen molar-refractivity contribution in [1.29, 1.82) is 0 Å². The van der Waals surface area contributed by atoms with Gasteiger partial charge >= 0.3 is 0 Å². The van der Waals surface area contributed by atoms with Crippen LogP contribution in [-0.4, -0.2) is 32.6 Å². The molecule has 0 aliphatic rings. The van der Waals surface area contributed by atoms with E-state index in [2.05, 4.69) is 10.2 Å². The van der Waals surface area contributed by atoms with Gasteiger partial charge in [-0.15, -0.1) is 0 Å². The standard InChI is InChI=1S/C13H21FN2/c1-10-5-6-11(9-12(10)14)13(15-2)7-8-16(3)4/h5-6,9,13,15H,7-8H2,1-4H3. The number of halogens is 1. The van der Waals surface area contributed by atoms with Gasteiger partial charge < -0.3 is 10.2 Å². The lowest BCUT2D eigenvalue weighted by Crippen LogP contribution is -2.23. The number of rotatable bonds is 5. The fourth-order valence-electron chi connectivity index (χ4n) is 1.69. The molecule has 2 nitrogen and oxygen atoms in total. The molecule has 90 valence electrons. The summed E-state index contributed by atoms with van der Waals surface area (Å²) >= 11 is 0. The number of hydrogen-bond donors (Lipinski definition) is 1. The van der Waals surface area contributed by atoms with Crippen molar-refractivity contribution in [1.82, 2.24) is 10.2 Å². The maximum absolute atomic E-state index is 13.4. The van der Waals surface area contributed by atoms with E-state index in [4.69, 9.17) is 0 Å². The van der Waals surface area contributed by atoms with Crippen molar-refractivity contribution < 1.29 is 4.39 Å². The van der Waals surface area contributed by atoms with E-state index in [0.29, 0.717) is 5.56 Å². The van der Waals surface area contributed by atoms with Crippen molar-refractivity contribution in [3.8, 4) is 0 Å². The molecule has 16 heavy (non-hydrogen) atoms. The van der Waals surface area contributed by atoms with Crippen molar-refractivity contribution in [2.45, 2.75) is 19.4 Å². The normalized spacial score (nSPS) is 13.1. The van der Waals surface area contributed by atoms with Gasteiger partial charge in [-0.2, -0.15) is 0 Å². The van der Waals surface area contributed by atoms with Crippen LogP contribution in [0.5, 0.6) is 0 Å². The first-order valence-electron chi connectivity index (χ1n) is 5.62. The van der Waals surface area contributed by atoms with Crippen LogP contribution in [0.25, 0.3) is 0 Å². The van der Waals surface area contributed by atoms with Crippen LogP contribution in [0, 0.1) is 12.7 Å². The predicted molar refractivity (Wildman–Crippen MR) is 66.1 cm³/mol. The second-order valence-corrected chi connectivity index (χ2v) is 4.44. The minimum absolute atomic E-state index is 0.123. The van der Waals surface area contributed by atoms with Gasteiger partial charge in [-0.1, -0.05) is 12.1 Å². The Morgan fingerprint density at radius 3 is 2.56 bits per heavy atom. The van der Waals surface area contributed by atoms with Crippen LogP contribution < -0.4 is 5.32 Å². The Labute approximate surface area is 97.5 Å². The molecule has 1 aromatic carbocycles. The van der Waals surface area contributed by atoms with E-state index in [0.717, 1.165) is 18.5 Å². The molecule has 0 heterocycles. The van der Waals surface area contributed by atoms with Gasteiger partial charge in [0, 0.05) is 6.04 Å². The average molecular weight is 224 g/mol. The van der Waals surface area contributed by atoms with E-state index >= 15 is 0 Å². The summed E-state index contributed by atoms with van der Waals surface area (Å²) in [7, 11) is 6.00. The maximum atomic E-state index is 13.4. The van der Waals surface area contributed by atoms with Crippen LogP contribution in [0.1, 0.15) is 23.6 Å². The Kier molecular flexibility index (Phi) is 4.90. The molecule has 0 radical (unpaired) electrons. The first kappa shape index (κ1) is 13.1. The zero-order valence-corrected chi connectivity index (χ0v) is 10.5. The summed E-state index contributed by atoms with van der Waals surface area (Å²) in [6.07, 6.45) is 0.978. The number of nitrogens with one attached hydrogen (secondary N) is 1. The highest BCUT2D eigenvalue weighted by atomic mass is 19.1. The van der Waals surface area contributed by atoms with Crippen LogP contribution in [-0.2, 0) is 0 Å².